The molecule has 0 aromatic heterocycles. The third kappa shape index (κ3) is 7.91. The molecule has 0 radical (unpaired) electrons. The molecular weight excluding hydrogens is 518 g/mol. The number of nitrogens with one attached hydrogen (secondary N) is 1. The second-order valence-corrected chi connectivity index (χ2v) is 12.7. The van der Waals surface area contributed by atoms with Crippen molar-refractivity contribution in [3.05, 3.63) is 53.6 Å². The van der Waals surface area contributed by atoms with Gasteiger partial charge in [0.25, 0.3) is 0 Å². The van der Waals surface area contributed by atoms with Crippen LogP contribution in [0.3, 0.4) is 0 Å². The highest BCUT2D eigenvalue weighted by molar-refractivity contribution is 7.92. The summed E-state index contributed by atoms with van der Waals surface area (Å²) in [6.45, 7) is 5.91. The molecule has 0 unspecified atom stereocenters. The van der Waals surface area contributed by atoms with Crippen LogP contribution >= 0.6 is 0 Å². The zero-order valence-corrected chi connectivity index (χ0v) is 23.1. The van der Waals surface area contributed by atoms with Crippen LogP contribution in [0.4, 0.5) is 5.69 Å². The number of aryl methyl sites for hydroxylation is 1. The van der Waals surface area contributed by atoms with Crippen molar-refractivity contribution >= 4 is 31.6 Å². The Morgan fingerprint density at radius 1 is 1.05 bits per heavy atom. The average Bonchev–Trinajstić information content (AvgIpc) is 2.86. The van der Waals surface area contributed by atoms with Crippen molar-refractivity contribution in [1.82, 2.24) is 9.62 Å². The second-order valence-electron chi connectivity index (χ2n) is 8.84. The largest absolute Gasteiger partial charge is 0.492 e. The van der Waals surface area contributed by atoms with Crippen LogP contribution in [0.5, 0.6) is 5.75 Å². The Hall–Kier alpha value is -2.67. The van der Waals surface area contributed by atoms with Gasteiger partial charge < -0.3 is 14.8 Å². The van der Waals surface area contributed by atoms with Gasteiger partial charge in [0.15, 0.2) is 0 Å². The second kappa shape index (κ2) is 12.7. The van der Waals surface area contributed by atoms with E-state index in [0.717, 1.165) is 17.4 Å². The number of carbonyl (C=O) groups is 1. The van der Waals surface area contributed by atoms with Gasteiger partial charge in [0, 0.05) is 26.1 Å². The Morgan fingerprint density at radius 3 is 2.38 bits per heavy atom. The van der Waals surface area contributed by atoms with Gasteiger partial charge in [-0.1, -0.05) is 12.1 Å². The van der Waals surface area contributed by atoms with Crippen LogP contribution in [0.1, 0.15) is 24.0 Å². The van der Waals surface area contributed by atoms with E-state index in [-0.39, 0.29) is 36.9 Å². The van der Waals surface area contributed by atoms with E-state index in [9.17, 15) is 21.6 Å². The predicted octanol–water partition coefficient (Wildman–Crippen LogP) is 2.07. The fourth-order valence-corrected chi connectivity index (χ4v) is 6.37. The molecule has 37 heavy (non-hydrogen) atoms. The van der Waals surface area contributed by atoms with Crippen molar-refractivity contribution in [2.75, 3.05) is 56.6 Å². The first-order valence-electron chi connectivity index (χ1n) is 12.1. The van der Waals surface area contributed by atoms with E-state index in [1.807, 2.05) is 26.0 Å². The first-order valence-corrected chi connectivity index (χ1v) is 15.4. The Bertz CT molecular complexity index is 1270. The summed E-state index contributed by atoms with van der Waals surface area (Å²) in [7, 11) is -7.05. The number of amides is 1. The van der Waals surface area contributed by atoms with Gasteiger partial charge in [0.2, 0.25) is 26.0 Å². The van der Waals surface area contributed by atoms with Crippen LogP contribution in [0.25, 0.3) is 0 Å². The summed E-state index contributed by atoms with van der Waals surface area (Å²) in [6.07, 6.45) is 1.70. The van der Waals surface area contributed by atoms with Crippen molar-refractivity contribution in [3.63, 3.8) is 0 Å². The minimum absolute atomic E-state index is 0.172. The number of rotatable bonds is 12. The van der Waals surface area contributed by atoms with Gasteiger partial charge in [-0.15, -0.1) is 0 Å². The molecule has 1 aliphatic heterocycles. The van der Waals surface area contributed by atoms with Crippen LogP contribution in [0.15, 0.2) is 47.4 Å². The fraction of sp³-hybridized carbons (Fsp3) is 0.480. The average molecular weight is 554 g/mol. The van der Waals surface area contributed by atoms with Crippen LogP contribution < -0.4 is 14.4 Å². The maximum absolute atomic E-state index is 12.7. The number of sulfonamides is 2. The molecule has 0 atom stereocenters. The molecule has 1 fully saturated rings. The smallest absolute Gasteiger partial charge is 0.243 e. The van der Waals surface area contributed by atoms with Crippen molar-refractivity contribution in [1.29, 1.82) is 0 Å². The lowest BCUT2D eigenvalue weighted by atomic mass is 10.1. The minimum Gasteiger partial charge on any atom is -0.492 e. The normalized spacial score (nSPS) is 14.8. The summed E-state index contributed by atoms with van der Waals surface area (Å²) < 4.78 is 63.6. The maximum Gasteiger partial charge on any atom is 0.243 e. The number of ether oxygens (including phenoxy) is 2. The quantitative estimate of drug-likeness (QED) is 0.399. The highest BCUT2D eigenvalue weighted by atomic mass is 32.2. The number of morpholine rings is 1. The van der Waals surface area contributed by atoms with Gasteiger partial charge in [-0.2, -0.15) is 4.31 Å². The predicted molar refractivity (Wildman–Crippen MR) is 142 cm³/mol. The molecule has 1 saturated heterocycles. The molecular formula is C25H35N3O7S2. The number of hydrogen-bond acceptors (Lipinski definition) is 7. The van der Waals surface area contributed by atoms with E-state index in [4.69, 9.17) is 9.47 Å². The molecule has 0 aliphatic carbocycles. The SMILES string of the molecule is Cc1cccc(N(CCCC(=O)NCCOc2ccc(S(=O)(=O)N3CCOCC3)cc2)S(C)(=O)=O)c1C. The number of hydrogen-bond donors (Lipinski definition) is 1. The van der Waals surface area contributed by atoms with Crippen LogP contribution in [0, 0.1) is 13.8 Å². The van der Waals surface area contributed by atoms with Gasteiger partial charge in [0.1, 0.15) is 12.4 Å². The van der Waals surface area contributed by atoms with E-state index in [2.05, 4.69) is 5.32 Å². The molecule has 2 aromatic carbocycles. The Labute approximate surface area is 219 Å². The lowest BCUT2D eigenvalue weighted by molar-refractivity contribution is -0.121. The molecule has 12 heteroatoms. The third-order valence-corrected chi connectivity index (χ3v) is 9.23. The van der Waals surface area contributed by atoms with Crippen molar-refractivity contribution in [2.24, 2.45) is 0 Å². The van der Waals surface area contributed by atoms with E-state index >= 15 is 0 Å². The molecule has 204 valence electrons. The molecule has 1 aliphatic rings. The van der Waals surface area contributed by atoms with Crippen molar-refractivity contribution in [3.8, 4) is 5.75 Å². The maximum atomic E-state index is 12.7. The van der Waals surface area contributed by atoms with Gasteiger partial charge in [-0.25, -0.2) is 16.8 Å². The summed E-state index contributed by atoms with van der Waals surface area (Å²) in [5.41, 5.74) is 2.51. The first kappa shape index (κ1) is 28.9. The van der Waals surface area contributed by atoms with E-state index < -0.39 is 20.0 Å². The zero-order chi connectivity index (χ0) is 27.1. The molecule has 0 bridgehead atoms. The lowest BCUT2D eigenvalue weighted by Gasteiger charge is -2.26. The van der Waals surface area contributed by atoms with Gasteiger partial charge in [-0.05, 0) is 61.7 Å². The molecule has 2 aromatic rings. The van der Waals surface area contributed by atoms with Crippen molar-refractivity contribution in [2.45, 2.75) is 31.6 Å². The standard InChI is InChI=1S/C25H35N3O7S2/c1-20-6-4-7-24(21(20)2)28(36(3,30)31)14-5-8-25(29)26-13-17-35-22-9-11-23(12-10-22)37(32,33)27-15-18-34-19-16-27/h4,6-7,9-12H,5,8,13-19H2,1-3H3,(H,26,29). The lowest BCUT2D eigenvalue weighted by Crippen LogP contribution is -2.40. The van der Waals surface area contributed by atoms with Crippen LogP contribution in [-0.2, 0) is 29.6 Å². The zero-order valence-electron chi connectivity index (χ0n) is 21.5. The number of nitrogens with zero attached hydrogens (tertiary/aromatic N) is 2. The summed E-state index contributed by atoms with van der Waals surface area (Å²) in [5, 5.41) is 2.76. The minimum atomic E-state index is -3.56. The summed E-state index contributed by atoms with van der Waals surface area (Å²) >= 11 is 0. The van der Waals surface area contributed by atoms with Gasteiger partial charge in [0.05, 0.1) is 36.6 Å². The van der Waals surface area contributed by atoms with Crippen LogP contribution in [0.2, 0.25) is 0 Å². The monoisotopic (exact) mass is 553 g/mol. The summed E-state index contributed by atoms with van der Waals surface area (Å²) in [5.74, 6) is 0.289. The Kier molecular flexibility index (Phi) is 9.93. The van der Waals surface area contributed by atoms with Gasteiger partial charge in [-0.3, -0.25) is 9.10 Å². The fourth-order valence-electron chi connectivity index (χ4n) is 3.95. The molecule has 0 spiro atoms. The number of benzene rings is 2. The van der Waals surface area contributed by atoms with Crippen molar-refractivity contribution < 1.29 is 31.1 Å². The van der Waals surface area contributed by atoms with E-state index in [1.54, 1.807) is 18.2 Å². The molecule has 10 nitrogen and oxygen atoms in total. The number of carbonyl (C=O) groups excluding carboxylic acids is 1. The number of anilines is 1. The Morgan fingerprint density at radius 2 is 1.73 bits per heavy atom. The summed E-state index contributed by atoms with van der Waals surface area (Å²) in [4.78, 5) is 12.4. The molecule has 1 amide bonds. The molecule has 0 saturated carbocycles. The molecule has 1 heterocycles. The van der Waals surface area contributed by atoms with Gasteiger partial charge >= 0.3 is 0 Å². The van der Waals surface area contributed by atoms with Crippen LogP contribution in [-0.4, -0.2) is 79.3 Å². The Balaban J connectivity index is 1.42. The topological polar surface area (TPSA) is 122 Å². The van der Waals surface area contributed by atoms with E-state index in [1.165, 1.54) is 20.7 Å². The van der Waals surface area contributed by atoms with E-state index in [0.29, 0.717) is 44.2 Å². The highest BCUT2D eigenvalue weighted by Gasteiger charge is 2.26. The third-order valence-electron chi connectivity index (χ3n) is 6.13. The molecule has 1 N–H and O–H groups in total. The molecule has 3 rings (SSSR count). The summed E-state index contributed by atoms with van der Waals surface area (Å²) in [6, 6.07) is 11.7. The highest BCUT2D eigenvalue weighted by Crippen LogP contribution is 2.25. The first-order chi connectivity index (χ1) is 17.5.